The van der Waals surface area contributed by atoms with Crippen LogP contribution < -0.4 is 14.8 Å². The van der Waals surface area contributed by atoms with Crippen LogP contribution >= 0.6 is 11.6 Å². The Morgan fingerprint density at radius 1 is 1.03 bits per heavy atom. The molecule has 0 bridgehead atoms. The van der Waals surface area contributed by atoms with Gasteiger partial charge in [0, 0.05) is 49.7 Å². The van der Waals surface area contributed by atoms with E-state index in [2.05, 4.69) is 22.3 Å². The fraction of sp³-hybridized carbons (Fsp3) is 0.345. The number of nitrogens with zero attached hydrogens (tertiary/aromatic N) is 1. The van der Waals surface area contributed by atoms with Crippen molar-refractivity contribution in [3.8, 4) is 11.5 Å². The summed E-state index contributed by atoms with van der Waals surface area (Å²) in [4.78, 5) is 14.1. The summed E-state index contributed by atoms with van der Waals surface area (Å²) in [6.07, 6.45) is -1.37. The second-order valence-electron chi connectivity index (χ2n) is 9.84. The number of rotatable bonds is 12. The van der Waals surface area contributed by atoms with E-state index < -0.39 is 29.5 Å². The molecule has 4 atom stereocenters. The van der Waals surface area contributed by atoms with Crippen molar-refractivity contribution in [3.05, 3.63) is 94.5 Å². The van der Waals surface area contributed by atoms with Gasteiger partial charge in [-0.2, -0.15) is 0 Å². The van der Waals surface area contributed by atoms with E-state index in [-0.39, 0.29) is 6.42 Å². The number of benzene rings is 3. The molecule has 1 aliphatic heterocycles. The van der Waals surface area contributed by atoms with Gasteiger partial charge in [-0.3, -0.25) is 4.90 Å². The van der Waals surface area contributed by atoms with Gasteiger partial charge in [0.2, 0.25) is 0 Å². The molecular weight excluding hydrogens is 514 g/mol. The van der Waals surface area contributed by atoms with Crippen molar-refractivity contribution in [2.24, 2.45) is 11.8 Å². The van der Waals surface area contributed by atoms with Crippen LogP contribution in [0.15, 0.2) is 66.7 Å². The number of nitrogens with one attached hydrogen (secondary N) is 1. The van der Waals surface area contributed by atoms with Gasteiger partial charge in [0.1, 0.15) is 18.2 Å². The van der Waals surface area contributed by atoms with E-state index in [0.717, 1.165) is 49.4 Å². The first-order valence-corrected chi connectivity index (χ1v) is 13.0. The lowest BCUT2D eigenvalue weighted by molar-refractivity contribution is -0.145. The largest absolute Gasteiger partial charge is 0.492 e. The maximum atomic E-state index is 13.8. The van der Waals surface area contributed by atoms with E-state index in [1.807, 2.05) is 12.1 Å². The van der Waals surface area contributed by atoms with Crippen LogP contribution in [-0.2, 0) is 17.8 Å². The van der Waals surface area contributed by atoms with Crippen LogP contribution in [0.3, 0.4) is 0 Å². The van der Waals surface area contributed by atoms with Gasteiger partial charge in [-0.05, 0) is 59.4 Å². The molecule has 38 heavy (non-hydrogen) atoms. The van der Waals surface area contributed by atoms with Gasteiger partial charge in [-0.1, -0.05) is 35.9 Å². The summed E-state index contributed by atoms with van der Waals surface area (Å²) in [5.74, 6) is -1.18. The predicted octanol–water partition coefficient (Wildman–Crippen LogP) is 4.79. The number of hydrogen-bond donors (Lipinski definition) is 2. The lowest BCUT2D eigenvalue weighted by Gasteiger charge is -2.20. The lowest BCUT2D eigenvalue weighted by Crippen LogP contribution is -2.33. The number of ether oxygens (including phenoxy) is 2. The number of fused-ring (bicyclic) bond motifs is 1. The van der Waals surface area contributed by atoms with Gasteiger partial charge in [-0.25, -0.2) is 13.6 Å². The van der Waals surface area contributed by atoms with Crippen molar-refractivity contribution in [3.63, 3.8) is 0 Å². The molecule has 2 fully saturated rings. The van der Waals surface area contributed by atoms with Crippen LogP contribution in [0, 0.1) is 23.5 Å². The topological polar surface area (TPSA) is 71.0 Å². The first-order chi connectivity index (χ1) is 18.4. The van der Waals surface area contributed by atoms with Gasteiger partial charge < -0.3 is 19.9 Å². The highest BCUT2D eigenvalue weighted by molar-refractivity contribution is 6.30. The van der Waals surface area contributed by atoms with Crippen molar-refractivity contribution >= 4 is 17.6 Å². The molecular formula is C29H29ClF2N2O4. The van der Waals surface area contributed by atoms with Crippen molar-refractivity contribution in [2.75, 3.05) is 26.2 Å². The summed E-state index contributed by atoms with van der Waals surface area (Å²) in [5, 5.41) is 13.8. The van der Waals surface area contributed by atoms with Gasteiger partial charge in [0.25, 0.3) is 0 Å². The van der Waals surface area contributed by atoms with Crippen LogP contribution in [0.25, 0.3) is 0 Å². The Balaban J connectivity index is 1.01. The molecule has 6 nitrogen and oxygen atoms in total. The average Bonchev–Trinajstić information content (AvgIpc) is 3.35. The van der Waals surface area contributed by atoms with Crippen LogP contribution in [0.5, 0.6) is 11.5 Å². The molecule has 0 aromatic heterocycles. The number of piperidine rings is 1. The highest BCUT2D eigenvalue weighted by Crippen LogP contribution is 2.45. The Bertz CT molecular complexity index is 1250. The van der Waals surface area contributed by atoms with E-state index in [1.54, 1.807) is 24.3 Å². The summed E-state index contributed by atoms with van der Waals surface area (Å²) >= 11 is 5.97. The predicted molar refractivity (Wildman–Crippen MR) is 140 cm³/mol. The Morgan fingerprint density at radius 3 is 2.39 bits per heavy atom. The molecule has 0 amide bonds. The van der Waals surface area contributed by atoms with E-state index in [1.165, 1.54) is 5.56 Å². The summed E-state index contributed by atoms with van der Waals surface area (Å²) in [6, 6.07) is 18.3. The molecule has 1 heterocycles. The number of hydrogen-bond acceptors (Lipinski definition) is 5. The standard InChI is InChI=1S/C29H29ClF2N2O4/c30-20-5-1-19(2-6-20)15-34-16-23-24(17-34)28(23)33-11-12-37-22-8-3-18(4-9-22)13-27(29(35)36)38-26-14-21(31)7-10-25(26)32/h1-10,14,23-24,27-28,33H,11-13,15-17H2,(H,35,36)/t23-,24?,27-,28?/m0/s1. The Kier molecular flexibility index (Phi) is 8.12. The monoisotopic (exact) mass is 542 g/mol. The van der Waals surface area contributed by atoms with Crippen LogP contribution in [0.1, 0.15) is 11.1 Å². The van der Waals surface area contributed by atoms with Crippen molar-refractivity contribution in [1.82, 2.24) is 10.2 Å². The van der Waals surface area contributed by atoms with E-state index in [0.29, 0.717) is 35.8 Å². The number of carbonyl (C=O) groups is 1. The Labute approximate surface area is 225 Å². The van der Waals surface area contributed by atoms with Gasteiger partial charge >= 0.3 is 5.97 Å². The first-order valence-electron chi connectivity index (χ1n) is 12.6. The third-order valence-electron chi connectivity index (χ3n) is 7.12. The molecule has 0 spiro atoms. The van der Waals surface area contributed by atoms with Crippen molar-refractivity contribution in [2.45, 2.75) is 25.1 Å². The highest BCUT2D eigenvalue weighted by Gasteiger charge is 2.55. The minimum absolute atomic E-state index is 0.00733. The summed E-state index contributed by atoms with van der Waals surface area (Å²) in [7, 11) is 0. The minimum atomic E-state index is -1.36. The maximum Gasteiger partial charge on any atom is 0.345 e. The third-order valence-corrected chi connectivity index (χ3v) is 7.37. The summed E-state index contributed by atoms with van der Waals surface area (Å²) < 4.78 is 38.3. The number of carboxylic acid groups (broad SMARTS) is 1. The number of halogens is 3. The molecule has 2 aliphatic rings. The van der Waals surface area contributed by atoms with Gasteiger partial charge in [0.05, 0.1) is 0 Å². The fourth-order valence-corrected chi connectivity index (χ4v) is 5.25. The smallest absolute Gasteiger partial charge is 0.345 e. The molecule has 3 aromatic rings. The zero-order valence-electron chi connectivity index (χ0n) is 20.7. The zero-order valence-corrected chi connectivity index (χ0v) is 21.4. The van der Waals surface area contributed by atoms with Crippen LogP contribution in [0.4, 0.5) is 8.78 Å². The maximum absolute atomic E-state index is 13.8. The van der Waals surface area contributed by atoms with Gasteiger partial charge in [0.15, 0.2) is 17.7 Å². The normalized spacial score (nSPS) is 21.1. The van der Waals surface area contributed by atoms with Crippen LogP contribution in [-0.4, -0.2) is 54.4 Å². The third kappa shape index (κ3) is 6.62. The van der Waals surface area contributed by atoms with E-state index in [4.69, 9.17) is 21.1 Å². The molecule has 0 radical (unpaired) electrons. The Hall–Kier alpha value is -3.20. The minimum Gasteiger partial charge on any atom is -0.492 e. The zero-order chi connectivity index (χ0) is 26.6. The molecule has 200 valence electrons. The van der Waals surface area contributed by atoms with E-state index in [9.17, 15) is 18.7 Å². The first kappa shape index (κ1) is 26.4. The Morgan fingerprint density at radius 2 is 1.71 bits per heavy atom. The molecule has 1 aliphatic carbocycles. The SMILES string of the molecule is O=C(O)[C@H](Cc1ccc(OCCNC2C3CN(Cc4ccc(Cl)cc4)C[C@@H]32)cc1)Oc1cc(F)ccc1F. The lowest BCUT2D eigenvalue weighted by atomic mass is 10.1. The fourth-order valence-electron chi connectivity index (χ4n) is 5.12. The number of aliphatic carboxylic acids is 1. The molecule has 1 saturated carbocycles. The number of likely N-dealkylation sites (tertiary alicyclic amines) is 1. The van der Waals surface area contributed by atoms with Crippen molar-refractivity contribution in [1.29, 1.82) is 0 Å². The second-order valence-corrected chi connectivity index (χ2v) is 10.3. The van der Waals surface area contributed by atoms with Crippen LogP contribution in [0.2, 0.25) is 5.02 Å². The average molecular weight is 543 g/mol. The van der Waals surface area contributed by atoms with Gasteiger partial charge in [-0.15, -0.1) is 0 Å². The quantitative estimate of drug-likeness (QED) is 0.321. The van der Waals surface area contributed by atoms with E-state index >= 15 is 0 Å². The highest BCUT2D eigenvalue weighted by atomic mass is 35.5. The molecule has 3 aromatic carbocycles. The summed E-state index contributed by atoms with van der Waals surface area (Å²) in [5.41, 5.74) is 1.96. The molecule has 5 rings (SSSR count). The molecule has 2 N–H and O–H groups in total. The van der Waals surface area contributed by atoms with Crippen molar-refractivity contribution < 1.29 is 28.2 Å². The molecule has 2 unspecified atom stereocenters. The molecule has 1 saturated heterocycles. The molecule has 9 heteroatoms. The number of carboxylic acids is 1. The second kappa shape index (κ2) is 11.7. The summed E-state index contributed by atoms with van der Waals surface area (Å²) in [6.45, 7) is 4.41.